The number of hydrogen-bond acceptors (Lipinski definition) is 3. The molecule has 0 fully saturated rings. The molecule has 3 nitrogen and oxygen atoms in total. The highest BCUT2D eigenvalue weighted by Gasteiger charge is 2.13. The highest BCUT2D eigenvalue weighted by atomic mass is 35.5. The number of methoxy groups -OCH3 is 1. The van der Waals surface area contributed by atoms with E-state index in [1.54, 1.807) is 7.11 Å². The predicted molar refractivity (Wildman–Crippen MR) is 72.8 cm³/mol. The standard InChI is InChI=1S/C13H21ClN2O/c1-13(2,15-3)9-16-8-10-5-6-12(17-4)11(14)7-10/h5-7,15-16H,8-9H2,1-4H3. The summed E-state index contributed by atoms with van der Waals surface area (Å²) in [4.78, 5) is 0. The van der Waals surface area contributed by atoms with Crippen LogP contribution >= 0.6 is 11.6 Å². The Kier molecular flexibility index (Phi) is 5.25. The second-order valence-electron chi connectivity index (χ2n) is 4.71. The van der Waals surface area contributed by atoms with Gasteiger partial charge in [0, 0.05) is 18.6 Å². The molecule has 17 heavy (non-hydrogen) atoms. The van der Waals surface area contributed by atoms with E-state index in [-0.39, 0.29) is 5.54 Å². The van der Waals surface area contributed by atoms with Gasteiger partial charge in [0.25, 0.3) is 0 Å². The Morgan fingerprint density at radius 3 is 2.59 bits per heavy atom. The third kappa shape index (κ3) is 4.54. The third-order valence-electron chi connectivity index (χ3n) is 2.79. The second kappa shape index (κ2) is 6.24. The summed E-state index contributed by atoms with van der Waals surface area (Å²) in [6, 6.07) is 5.84. The maximum Gasteiger partial charge on any atom is 0.137 e. The van der Waals surface area contributed by atoms with E-state index in [0.717, 1.165) is 18.7 Å². The SMILES string of the molecule is CNC(C)(C)CNCc1ccc(OC)c(Cl)c1. The molecule has 0 aliphatic heterocycles. The molecule has 0 saturated carbocycles. The Bertz CT molecular complexity index is 366. The van der Waals surface area contributed by atoms with Crippen molar-refractivity contribution in [2.24, 2.45) is 0 Å². The summed E-state index contributed by atoms with van der Waals surface area (Å²) in [6.07, 6.45) is 0. The van der Waals surface area contributed by atoms with E-state index in [2.05, 4.69) is 24.5 Å². The topological polar surface area (TPSA) is 33.3 Å². The van der Waals surface area contributed by atoms with Gasteiger partial charge in [-0.05, 0) is 38.6 Å². The van der Waals surface area contributed by atoms with E-state index in [1.165, 1.54) is 0 Å². The molecule has 0 saturated heterocycles. The largest absolute Gasteiger partial charge is 0.495 e. The third-order valence-corrected chi connectivity index (χ3v) is 3.08. The predicted octanol–water partition coefficient (Wildman–Crippen LogP) is 2.44. The molecule has 2 N–H and O–H groups in total. The van der Waals surface area contributed by atoms with Crippen LogP contribution in [0, 0.1) is 0 Å². The molecular weight excluding hydrogens is 236 g/mol. The zero-order valence-corrected chi connectivity index (χ0v) is 11.7. The van der Waals surface area contributed by atoms with Gasteiger partial charge in [0.05, 0.1) is 12.1 Å². The van der Waals surface area contributed by atoms with Gasteiger partial charge in [0.1, 0.15) is 5.75 Å². The van der Waals surface area contributed by atoms with Crippen LogP contribution in [0.15, 0.2) is 18.2 Å². The molecule has 1 rings (SSSR count). The van der Waals surface area contributed by atoms with Crippen LogP contribution in [0.4, 0.5) is 0 Å². The molecule has 0 aliphatic rings. The Labute approximate surface area is 109 Å². The summed E-state index contributed by atoms with van der Waals surface area (Å²) < 4.78 is 5.11. The fourth-order valence-electron chi connectivity index (χ4n) is 1.43. The van der Waals surface area contributed by atoms with Crippen molar-refractivity contribution < 1.29 is 4.74 Å². The van der Waals surface area contributed by atoms with Crippen LogP contribution < -0.4 is 15.4 Å². The van der Waals surface area contributed by atoms with Gasteiger partial charge in [-0.25, -0.2) is 0 Å². The molecule has 0 bridgehead atoms. The quantitative estimate of drug-likeness (QED) is 0.820. The van der Waals surface area contributed by atoms with E-state index in [0.29, 0.717) is 10.8 Å². The highest BCUT2D eigenvalue weighted by molar-refractivity contribution is 6.32. The average Bonchev–Trinajstić information content (AvgIpc) is 2.29. The normalized spacial score (nSPS) is 11.6. The van der Waals surface area contributed by atoms with Crippen LogP contribution in [-0.4, -0.2) is 26.2 Å². The maximum absolute atomic E-state index is 6.06. The van der Waals surface area contributed by atoms with Crippen LogP contribution in [0.3, 0.4) is 0 Å². The number of nitrogens with one attached hydrogen (secondary N) is 2. The summed E-state index contributed by atoms with van der Waals surface area (Å²) in [6.45, 7) is 6.00. The van der Waals surface area contributed by atoms with Crippen molar-refractivity contribution in [3.63, 3.8) is 0 Å². The number of likely N-dealkylation sites (N-methyl/N-ethyl adjacent to an activating group) is 1. The summed E-state index contributed by atoms with van der Waals surface area (Å²) in [7, 11) is 3.58. The molecule has 0 aliphatic carbocycles. The van der Waals surface area contributed by atoms with Crippen LogP contribution in [0.25, 0.3) is 0 Å². The fraction of sp³-hybridized carbons (Fsp3) is 0.538. The maximum atomic E-state index is 6.06. The molecule has 0 amide bonds. The van der Waals surface area contributed by atoms with Gasteiger partial charge in [0.2, 0.25) is 0 Å². The van der Waals surface area contributed by atoms with Crippen molar-refractivity contribution in [1.82, 2.24) is 10.6 Å². The van der Waals surface area contributed by atoms with Gasteiger partial charge < -0.3 is 15.4 Å². The molecule has 0 radical (unpaired) electrons. The van der Waals surface area contributed by atoms with Gasteiger partial charge in [-0.3, -0.25) is 0 Å². The van der Waals surface area contributed by atoms with Crippen molar-refractivity contribution in [3.05, 3.63) is 28.8 Å². The summed E-state index contributed by atoms with van der Waals surface area (Å²) in [5.74, 6) is 0.714. The molecule has 0 heterocycles. The lowest BCUT2D eigenvalue weighted by Gasteiger charge is -2.24. The van der Waals surface area contributed by atoms with Crippen molar-refractivity contribution >= 4 is 11.6 Å². The van der Waals surface area contributed by atoms with E-state index >= 15 is 0 Å². The molecule has 1 aromatic carbocycles. The minimum Gasteiger partial charge on any atom is -0.495 e. The molecule has 0 aromatic heterocycles. The van der Waals surface area contributed by atoms with Gasteiger partial charge in [-0.1, -0.05) is 17.7 Å². The summed E-state index contributed by atoms with van der Waals surface area (Å²) in [5.41, 5.74) is 1.25. The summed E-state index contributed by atoms with van der Waals surface area (Å²) >= 11 is 6.06. The first-order valence-corrected chi connectivity index (χ1v) is 6.08. The van der Waals surface area contributed by atoms with Gasteiger partial charge in [-0.2, -0.15) is 0 Å². The van der Waals surface area contributed by atoms with E-state index in [4.69, 9.17) is 16.3 Å². The van der Waals surface area contributed by atoms with Crippen molar-refractivity contribution in [3.8, 4) is 5.75 Å². The Morgan fingerprint density at radius 2 is 2.06 bits per heavy atom. The zero-order chi connectivity index (χ0) is 12.9. The Balaban J connectivity index is 2.50. The first-order valence-electron chi connectivity index (χ1n) is 5.70. The Morgan fingerprint density at radius 1 is 1.35 bits per heavy atom. The Hall–Kier alpha value is -0.770. The number of halogens is 1. The smallest absolute Gasteiger partial charge is 0.137 e. The number of rotatable bonds is 6. The number of ether oxygens (including phenoxy) is 1. The van der Waals surface area contributed by atoms with E-state index < -0.39 is 0 Å². The molecule has 0 atom stereocenters. The molecule has 0 spiro atoms. The van der Waals surface area contributed by atoms with Crippen LogP contribution in [0.5, 0.6) is 5.75 Å². The van der Waals surface area contributed by atoms with Gasteiger partial charge in [0.15, 0.2) is 0 Å². The van der Waals surface area contributed by atoms with Crippen LogP contribution in [0.2, 0.25) is 5.02 Å². The van der Waals surface area contributed by atoms with Gasteiger partial charge >= 0.3 is 0 Å². The summed E-state index contributed by atoms with van der Waals surface area (Å²) in [5, 5.41) is 7.30. The van der Waals surface area contributed by atoms with Gasteiger partial charge in [-0.15, -0.1) is 0 Å². The van der Waals surface area contributed by atoms with Crippen LogP contribution in [0.1, 0.15) is 19.4 Å². The minimum atomic E-state index is 0.0935. The molecule has 1 aromatic rings. The average molecular weight is 257 g/mol. The van der Waals surface area contributed by atoms with Crippen molar-refractivity contribution in [1.29, 1.82) is 0 Å². The minimum absolute atomic E-state index is 0.0935. The molecule has 4 heteroatoms. The van der Waals surface area contributed by atoms with Crippen molar-refractivity contribution in [2.75, 3.05) is 20.7 Å². The van der Waals surface area contributed by atoms with Crippen LogP contribution in [-0.2, 0) is 6.54 Å². The highest BCUT2D eigenvalue weighted by Crippen LogP contribution is 2.24. The number of benzene rings is 1. The number of hydrogen-bond donors (Lipinski definition) is 2. The molecule has 96 valence electrons. The first-order chi connectivity index (χ1) is 7.98. The lowest BCUT2D eigenvalue weighted by molar-refractivity contribution is 0.393. The monoisotopic (exact) mass is 256 g/mol. The second-order valence-corrected chi connectivity index (χ2v) is 5.11. The lowest BCUT2D eigenvalue weighted by Crippen LogP contribution is -2.45. The van der Waals surface area contributed by atoms with Crippen molar-refractivity contribution in [2.45, 2.75) is 25.9 Å². The molecule has 0 unspecified atom stereocenters. The van der Waals surface area contributed by atoms with E-state index in [1.807, 2.05) is 25.2 Å². The fourth-order valence-corrected chi connectivity index (χ4v) is 1.71. The van der Waals surface area contributed by atoms with E-state index in [9.17, 15) is 0 Å². The zero-order valence-electron chi connectivity index (χ0n) is 10.9. The lowest BCUT2D eigenvalue weighted by atomic mass is 10.1. The molecular formula is C13H21ClN2O. The first kappa shape index (κ1) is 14.3.